The van der Waals surface area contributed by atoms with Crippen LogP contribution < -0.4 is 5.32 Å². The number of aryl methyl sites for hydroxylation is 1. The minimum atomic E-state index is -3.63. The predicted octanol–water partition coefficient (Wildman–Crippen LogP) is 1.75. The fourth-order valence-corrected chi connectivity index (χ4v) is 5.18. The monoisotopic (exact) mass is 368 g/mol. The highest BCUT2D eigenvalue weighted by Gasteiger charge is 2.35. The number of rotatable bonds is 5. The van der Waals surface area contributed by atoms with Crippen LogP contribution in [0.1, 0.15) is 51.9 Å². The van der Waals surface area contributed by atoms with Crippen molar-refractivity contribution in [3.05, 3.63) is 12.5 Å². The highest BCUT2D eigenvalue weighted by atomic mass is 32.2. The fraction of sp³-hybridized carbons (Fsp3) is 0.765. The first-order valence-electron chi connectivity index (χ1n) is 9.33. The maximum Gasteiger partial charge on any atom is 0.262 e. The van der Waals surface area contributed by atoms with Crippen LogP contribution in [0.5, 0.6) is 0 Å². The summed E-state index contributed by atoms with van der Waals surface area (Å²) < 4.78 is 28.7. The van der Waals surface area contributed by atoms with Gasteiger partial charge in [-0.2, -0.15) is 4.31 Å². The van der Waals surface area contributed by atoms with Gasteiger partial charge in [-0.15, -0.1) is 0 Å². The number of carbonyl (C=O) groups is 1. The Morgan fingerprint density at radius 3 is 2.68 bits per heavy atom. The van der Waals surface area contributed by atoms with Crippen molar-refractivity contribution in [3.63, 3.8) is 0 Å². The van der Waals surface area contributed by atoms with Gasteiger partial charge in [-0.05, 0) is 32.6 Å². The zero-order chi connectivity index (χ0) is 17.9. The summed E-state index contributed by atoms with van der Waals surface area (Å²) in [6.45, 7) is 3.31. The van der Waals surface area contributed by atoms with Gasteiger partial charge >= 0.3 is 0 Å². The van der Waals surface area contributed by atoms with Crippen molar-refractivity contribution in [2.75, 3.05) is 13.1 Å². The molecule has 2 heterocycles. The lowest BCUT2D eigenvalue weighted by molar-refractivity contribution is -0.127. The van der Waals surface area contributed by atoms with E-state index < -0.39 is 10.0 Å². The largest absolute Gasteiger partial charge is 0.353 e. The van der Waals surface area contributed by atoms with Crippen LogP contribution in [-0.4, -0.2) is 47.3 Å². The van der Waals surface area contributed by atoms with Gasteiger partial charge in [-0.25, -0.2) is 13.4 Å². The first kappa shape index (κ1) is 18.4. The van der Waals surface area contributed by atoms with Gasteiger partial charge in [0, 0.05) is 31.9 Å². The Morgan fingerprint density at radius 2 is 2.00 bits per heavy atom. The summed E-state index contributed by atoms with van der Waals surface area (Å²) in [5.74, 6) is -0.260. The van der Waals surface area contributed by atoms with Gasteiger partial charge in [0.05, 0.1) is 12.2 Å². The fourth-order valence-electron chi connectivity index (χ4n) is 3.72. The first-order chi connectivity index (χ1) is 12.0. The second-order valence-electron chi connectivity index (χ2n) is 7.09. The molecule has 8 heteroatoms. The molecule has 0 bridgehead atoms. The Kier molecular flexibility index (Phi) is 5.78. The maximum absolute atomic E-state index is 12.8. The molecule has 1 aliphatic carbocycles. The van der Waals surface area contributed by atoms with E-state index in [4.69, 9.17) is 0 Å². The average Bonchev–Trinajstić information content (AvgIpc) is 3.13. The third kappa shape index (κ3) is 4.23. The molecule has 1 saturated carbocycles. The molecule has 1 amide bonds. The van der Waals surface area contributed by atoms with Crippen LogP contribution in [0, 0.1) is 5.92 Å². The number of hydrogen-bond donors (Lipinski definition) is 1. The number of piperidine rings is 1. The SMILES string of the molecule is CCn1cnc(S(=O)(=O)N2CCCC(C(=O)NC3CCCCC3)C2)c1. The minimum absolute atomic E-state index is 0.00545. The highest BCUT2D eigenvalue weighted by Crippen LogP contribution is 2.24. The third-order valence-corrected chi connectivity index (χ3v) is 7.04. The topological polar surface area (TPSA) is 84.3 Å². The Labute approximate surface area is 149 Å². The van der Waals surface area contributed by atoms with E-state index in [-0.39, 0.29) is 29.4 Å². The smallest absolute Gasteiger partial charge is 0.262 e. The normalized spacial score (nSPS) is 23.5. The summed E-state index contributed by atoms with van der Waals surface area (Å²) in [6, 6.07) is 0.258. The quantitative estimate of drug-likeness (QED) is 0.858. The van der Waals surface area contributed by atoms with E-state index >= 15 is 0 Å². The van der Waals surface area contributed by atoms with Crippen molar-refractivity contribution in [2.45, 2.75) is 69.5 Å². The molecule has 140 valence electrons. The van der Waals surface area contributed by atoms with Gasteiger partial charge < -0.3 is 9.88 Å². The van der Waals surface area contributed by atoms with Crippen molar-refractivity contribution < 1.29 is 13.2 Å². The number of nitrogens with zero attached hydrogens (tertiary/aromatic N) is 3. The van der Waals surface area contributed by atoms with E-state index in [2.05, 4.69) is 10.3 Å². The van der Waals surface area contributed by atoms with Gasteiger partial charge in [-0.1, -0.05) is 19.3 Å². The number of imidazole rings is 1. The van der Waals surface area contributed by atoms with Gasteiger partial charge in [0.15, 0.2) is 5.03 Å². The zero-order valence-corrected chi connectivity index (χ0v) is 15.7. The lowest BCUT2D eigenvalue weighted by atomic mass is 9.93. The summed E-state index contributed by atoms with van der Waals surface area (Å²) in [5.41, 5.74) is 0. The van der Waals surface area contributed by atoms with Crippen LogP contribution in [0.4, 0.5) is 0 Å². The Balaban J connectivity index is 1.64. The van der Waals surface area contributed by atoms with Crippen molar-refractivity contribution >= 4 is 15.9 Å². The molecule has 3 rings (SSSR count). The molecule has 1 N–H and O–H groups in total. The number of hydrogen-bond acceptors (Lipinski definition) is 4. The number of carbonyl (C=O) groups excluding carboxylic acids is 1. The van der Waals surface area contributed by atoms with Gasteiger partial charge in [0.1, 0.15) is 0 Å². The molecule has 1 aromatic rings. The van der Waals surface area contributed by atoms with E-state index in [1.807, 2.05) is 6.92 Å². The third-order valence-electron chi connectivity index (χ3n) is 5.29. The molecule has 2 aliphatic rings. The molecule has 1 unspecified atom stereocenters. The maximum atomic E-state index is 12.8. The second kappa shape index (κ2) is 7.86. The van der Waals surface area contributed by atoms with E-state index in [0.29, 0.717) is 19.5 Å². The van der Waals surface area contributed by atoms with E-state index in [1.54, 1.807) is 10.8 Å². The zero-order valence-electron chi connectivity index (χ0n) is 14.9. The number of sulfonamides is 1. The van der Waals surface area contributed by atoms with Crippen molar-refractivity contribution in [3.8, 4) is 0 Å². The lowest BCUT2D eigenvalue weighted by Crippen LogP contribution is -2.47. The van der Waals surface area contributed by atoms with Crippen LogP contribution >= 0.6 is 0 Å². The van der Waals surface area contributed by atoms with Gasteiger partial charge in [0.25, 0.3) is 10.0 Å². The second-order valence-corrected chi connectivity index (χ2v) is 8.97. The molecule has 0 spiro atoms. The number of nitrogens with one attached hydrogen (secondary N) is 1. The summed E-state index contributed by atoms with van der Waals surface area (Å²) in [7, 11) is -3.63. The summed E-state index contributed by atoms with van der Waals surface area (Å²) in [6.07, 6.45) is 10.2. The number of aromatic nitrogens is 2. The Hall–Kier alpha value is -1.41. The molecule has 1 aromatic heterocycles. The molecule has 25 heavy (non-hydrogen) atoms. The molecular formula is C17H28N4O3S. The molecule has 0 radical (unpaired) electrons. The van der Waals surface area contributed by atoms with E-state index in [9.17, 15) is 13.2 Å². The van der Waals surface area contributed by atoms with Crippen molar-refractivity contribution in [2.24, 2.45) is 5.92 Å². The van der Waals surface area contributed by atoms with Gasteiger partial charge in [0.2, 0.25) is 5.91 Å². The lowest BCUT2D eigenvalue weighted by Gasteiger charge is -2.32. The molecule has 1 atom stereocenters. The van der Waals surface area contributed by atoms with Gasteiger partial charge in [-0.3, -0.25) is 4.79 Å². The van der Waals surface area contributed by atoms with Crippen molar-refractivity contribution in [1.82, 2.24) is 19.2 Å². The Morgan fingerprint density at radius 1 is 1.24 bits per heavy atom. The highest BCUT2D eigenvalue weighted by molar-refractivity contribution is 7.89. The Bertz CT molecular complexity index is 695. The molecular weight excluding hydrogens is 340 g/mol. The van der Waals surface area contributed by atoms with E-state index in [1.165, 1.54) is 17.1 Å². The standard InChI is InChI=1S/C17H28N4O3S/c1-2-20-12-16(18-13-20)25(23,24)21-10-6-7-14(11-21)17(22)19-15-8-4-3-5-9-15/h12-15H,2-11H2,1H3,(H,19,22). The van der Waals surface area contributed by atoms with Crippen LogP contribution in [0.2, 0.25) is 0 Å². The van der Waals surface area contributed by atoms with Crippen LogP contribution in [-0.2, 0) is 21.4 Å². The van der Waals surface area contributed by atoms with Crippen LogP contribution in [0.3, 0.4) is 0 Å². The first-order valence-corrected chi connectivity index (χ1v) is 10.8. The van der Waals surface area contributed by atoms with Crippen molar-refractivity contribution in [1.29, 1.82) is 0 Å². The average molecular weight is 369 g/mol. The molecule has 7 nitrogen and oxygen atoms in total. The van der Waals surface area contributed by atoms with Crippen LogP contribution in [0.15, 0.2) is 17.6 Å². The summed E-state index contributed by atoms with van der Waals surface area (Å²) >= 11 is 0. The molecule has 0 aromatic carbocycles. The van der Waals surface area contributed by atoms with E-state index in [0.717, 1.165) is 32.1 Å². The summed E-state index contributed by atoms with van der Waals surface area (Å²) in [4.78, 5) is 16.6. The molecule has 1 aliphatic heterocycles. The number of amides is 1. The summed E-state index contributed by atoms with van der Waals surface area (Å²) in [5, 5.41) is 3.21. The predicted molar refractivity (Wildman–Crippen MR) is 94.4 cm³/mol. The molecule has 1 saturated heterocycles. The van der Waals surface area contributed by atoms with Crippen LogP contribution in [0.25, 0.3) is 0 Å². The molecule has 2 fully saturated rings. The minimum Gasteiger partial charge on any atom is -0.353 e.